The van der Waals surface area contributed by atoms with E-state index < -0.39 is 0 Å². The molecule has 0 spiro atoms. The molecule has 0 aliphatic heterocycles. The standard InChI is InChI=1S/C16H20ClNS/c1-3-10-18-14(15-8-9-16(17)19-15)11-13-6-4-12(2)5-7-13/h4-9,14,18H,3,10-11H2,1-2H3. The molecule has 102 valence electrons. The molecular weight excluding hydrogens is 274 g/mol. The highest BCUT2D eigenvalue weighted by atomic mass is 35.5. The number of hydrogen-bond acceptors (Lipinski definition) is 2. The predicted molar refractivity (Wildman–Crippen MR) is 85.2 cm³/mol. The number of hydrogen-bond donors (Lipinski definition) is 1. The quantitative estimate of drug-likeness (QED) is 0.791. The van der Waals surface area contributed by atoms with Gasteiger partial charge in [0.15, 0.2) is 0 Å². The Hall–Kier alpha value is -0.830. The van der Waals surface area contributed by atoms with Crippen molar-refractivity contribution in [3.05, 3.63) is 56.7 Å². The van der Waals surface area contributed by atoms with E-state index in [9.17, 15) is 0 Å². The van der Waals surface area contributed by atoms with Crippen molar-refractivity contribution < 1.29 is 0 Å². The molecule has 0 radical (unpaired) electrons. The molecule has 0 saturated carbocycles. The maximum atomic E-state index is 6.05. The van der Waals surface area contributed by atoms with Crippen molar-refractivity contribution in [2.75, 3.05) is 6.54 Å². The third-order valence-electron chi connectivity index (χ3n) is 3.14. The molecule has 1 aromatic heterocycles. The van der Waals surface area contributed by atoms with Crippen molar-refractivity contribution in [1.82, 2.24) is 5.32 Å². The number of nitrogens with one attached hydrogen (secondary N) is 1. The van der Waals surface area contributed by atoms with E-state index in [0.717, 1.165) is 23.7 Å². The molecule has 0 bridgehead atoms. The molecule has 1 nitrogen and oxygen atoms in total. The van der Waals surface area contributed by atoms with E-state index in [4.69, 9.17) is 11.6 Å². The maximum absolute atomic E-state index is 6.05. The zero-order valence-electron chi connectivity index (χ0n) is 11.4. The van der Waals surface area contributed by atoms with E-state index in [0.29, 0.717) is 6.04 Å². The Balaban J connectivity index is 2.11. The summed E-state index contributed by atoms with van der Waals surface area (Å²) in [6.45, 7) is 5.35. The minimum Gasteiger partial charge on any atom is -0.309 e. The van der Waals surface area contributed by atoms with E-state index in [-0.39, 0.29) is 0 Å². The number of benzene rings is 1. The Morgan fingerprint density at radius 3 is 2.47 bits per heavy atom. The zero-order valence-corrected chi connectivity index (χ0v) is 13.0. The first-order valence-electron chi connectivity index (χ1n) is 6.73. The smallest absolute Gasteiger partial charge is 0.0931 e. The van der Waals surface area contributed by atoms with Crippen molar-refractivity contribution in [2.45, 2.75) is 32.7 Å². The average Bonchev–Trinajstić information content (AvgIpc) is 2.83. The van der Waals surface area contributed by atoms with Crippen molar-refractivity contribution in [3.63, 3.8) is 0 Å². The molecule has 0 saturated heterocycles. The van der Waals surface area contributed by atoms with Gasteiger partial charge in [-0.1, -0.05) is 48.4 Å². The summed E-state index contributed by atoms with van der Waals surface area (Å²) in [5.41, 5.74) is 2.67. The highest BCUT2D eigenvalue weighted by molar-refractivity contribution is 7.16. The van der Waals surface area contributed by atoms with Crippen LogP contribution in [-0.4, -0.2) is 6.54 Å². The van der Waals surface area contributed by atoms with Crippen LogP contribution in [0.25, 0.3) is 0 Å². The fraction of sp³-hybridized carbons (Fsp3) is 0.375. The van der Waals surface area contributed by atoms with Gasteiger partial charge in [-0.05, 0) is 44.0 Å². The summed E-state index contributed by atoms with van der Waals surface area (Å²) < 4.78 is 0.863. The number of aryl methyl sites for hydroxylation is 1. The van der Waals surface area contributed by atoms with Crippen LogP contribution in [-0.2, 0) is 6.42 Å². The number of rotatable bonds is 6. The lowest BCUT2D eigenvalue weighted by Crippen LogP contribution is -2.23. The molecule has 2 aromatic rings. The first-order chi connectivity index (χ1) is 9.19. The Morgan fingerprint density at radius 1 is 1.16 bits per heavy atom. The summed E-state index contributed by atoms with van der Waals surface area (Å²) in [4.78, 5) is 1.32. The van der Waals surface area contributed by atoms with Gasteiger partial charge in [0.05, 0.1) is 4.34 Å². The molecule has 1 N–H and O–H groups in total. The number of halogens is 1. The van der Waals surface area contributed by atoms with Crippen LogP contribution in [0.3, 0.4) is 0 Å². The van der Waals surface area contributed by atoms with Crippen LogP contribution in [0.2, 0.25) is 4.34 Å². The summed E-state index contributed by atoms with van der Waals surface area (Å²) in [7, 11) is 0. The third kappa shape index (κ3) is 4.34. The van der Waals surface area contributed by atoms with Crippen LogP contribution in [0.4, 0.5) is 0 Å². The zero-order chi connectivity index (χ0) is 13.7. The fourth-order valence-electron chi connectivity index (χ4n) is 2.07. The SMILES string of the molecule is CCCNC(Cc1ccc(C)cc1)c1ccc(Cl)s1. The van der Waals surface area contributed by atoms with Crippen LogP contribution in [0.1, 0.15) is 35.4 Å². The molecule has 1 atom stereocenters. The van der Waals surface area contributed by atoms with E-state index >= 15 is 0 Å². The fourth-order valence-corrected chi connectivity index (χ4v) is 3.20. The van der Waals surface area contributed by atoms with Crippen molar-refractivity contribution in [2.24, 2.45) is 0 Å². The van der Waals surface area contributed by atoms with Gasteiger partial charge in [0.1, 0.15) is 0 Å². The van der Waals surface area contributed by atoms with Gasteiger partial charge in [-0.25, -0.2) is 0 Å². The molecule has 0 aliphatic carbocycles. The van der Waals surface area contributed by atoms with E-state index in [1.807, 2.05) is 6.07 Å². The summed E-state index contributed by atoms with van der Waals surface area (Å²) in [5, 5.41) is 3.61. The lowest BCUT2D eigenvalue weighted by molar-refractivity contribution is 0.536. The normalized spacial score (nSPS) is 12.6. The van der Waals surface area contributed by atoms with E-state index in [1.54, 1.807) is 11.3 Å². The second kappa shape index (κ2) is 7.09. The summed E-state index contributed by atoms with van der Waals surface area (Å²) in [6.07, 6.45) is 2.15. The highest BCUT2D eigenvalue weighted by Crippen LogP contribution is 2.29. The largest absolute Gasteiger partial charge is 0.309 e. The molecule has 0 fully saturated rings. The minimum absolute atomic E-state index is 0.361. The molecule has 0 amide bonds. The van der Waals surface area contributed by atoms with Crippen LogP contribution < -0.4 is 5.32 Å². The van der Waals surface area contributed by atoms with Crippen LogP contribution in [0, 0.1) is 6.92 Å². The maximum Gasteiger partial charge on any atom is 0.0931 e. The highest BCUT2D eigenvalue weighted by Gasteiger charge is 2.13. The van der Waals surface area contributed by atoms with Gasteiger partial charge in [0, 0.05) is 10.9 Å². The number of thiophene rings is 1. The molecule has 2 rings (SSSR count). The first-order valence-corrected chi connectivity index (χ1v) is 7.92. The summed E-state index contributed by atoms with van der Waals surface area (Å²) >= 11 is 7.72. The summed E-state index contributed by atoms with van der Waals surface area (Å²) in [5.74, 6) is 0. The Labute approximate surface area is 124 Å². The monoisotopic (exact) mass is 293 g/mol. The van der Waals surface area contributed by atoms with Crippen LogP contribution >= 0.6 is 22.9 Å². The topological polar surface area (TPSA) is 12.0 Å². The van der Waals surface area contributed by atoms with Gasteiger partial charge in [0.2, 0.25) is 0 Å². The van der Waals surface area contributed by atoms with Gasteiger partial charge >= 0.3 is 0 Å². The second-order valence-corrected chi connectivity index (χ2v) is 6.58. The van der Waals surface area contributed by atoms with Gasteiger partial charge in [-0.15, -0.1) is 11.3 Å². The Kier molecular flexibility index (Phi) is 5.44. The van der Waals surface area contributed by atoms with Gasteiger partial charge in [-0.3, -0.25) is 0 Å². The first kappa shape index (κ1) is 14.6. The van der Waals surface area contributed by atoms with Crippen molar-refractivity contribution >= 4 is 22.9 Å². The Bertz CT molecular complexity index is 504. The van der Waals surface area contributed by atoms with Gasteiger partial charge in [0.25, 0.3) is 0 Å². The predicted octanol–water partition coefficient (Wildman–Crippen LogP) is 4.99. The molecular formula is C16H20ClNS. The average molecular weight is 294 g/mol. The van der Waals surface area contributed by atoms with Crippen LogP contribution in [0.15, 0.2) is 36.4 Å². The Morgan fingerprint density at radius 2 is 1.89 bits per heavy atom. The van der Waals surface area contributed by atoms with Gasteiger partial charge < -0.3 is 5.32 Å². The van der Waals surface area contributed by atoms with Crippen LogP contribution in [0.5, 0.6) is 0 Å². The molecule has 1 aromatic carbocycles. The van der Waals surface area contributed by atoms with E-state index in [1.165, 1.54) is 16.0 Å². The minimum atomic E-state index is 0.361. The molecule has 3 heteroatoms. The lowest BCUT2D eigenvalue weighted by atomic mass is 10.0. The summed E-state index contributed by atoms with van der Waals surface area (Å²) in [6, 6.07) is 13.3. The van der Waals surface area contributed by atoms with Gasteiger partial charge in [-0.2, -0.15) is 0 Å². The third-order valence-corrected chi connectivity index (χ3v) is 4.48. The second-order valence-electron chi connectivity index (χ2n) is 4.84. The molecule has 0 aliphatic rings. The van der Waals surface area contributed by atoms with Crippen molar-refractivity contribution in [3.8, 4) is 0 Å². The lowest BCUT2D eigenvalue weighted by Gasteiger charge is -2.17. The molecule has 1 unspecified atom stereocenters. The van der Waals surface area contributed by atoms with E-state index in [2.05, 4.69) is 49.5 Å². The molecule has 19 heavy (non-hydrogen) atoms. The molecule has 1 heterocycles. The van der Waals surface area contributed by atoms with Crippen molar-refractivity contribution in [1.29, 1.82) is 0 Å².